The normalized spacial score (nSPS) is 13.4. The monoisotopic (exact) mass is 522 g/mol. The molecule has 0 fully saturated rings. The van der Waals surface area contributed by atoms with Crippen LogP contribution in [0.25, 0.3) is 0 Å². The molecule has 34 heavy (non-hydrogen) atoms. The maximum atomic E-state index is 13.1. The Balaban J connectivity index is 1.58. The molecule has 0 radical (unpaired) electrons. The number of nitrogens with zero attached hydrogens (tertiary/aromatic N) is 2. The van der Waals surface area contributed by atoms with Gasteiger partial charge in [0.15, 0.2) is 6.10 Å². The number of imide groups is 1. The number of carbonyl (C=O) groups is 4. The number of nitro benzene ring substituents is 1. The Morgan fingerprint density at radius 1 is 0.941 bits per heavy atom. The van der Waals surface area contributed by atoms with E-state index >= 15 is 0 Å². The molecule has 170 valence electrons. The van der Waals surface area contributed by atoms with Gasteiger partial charge in [-0.2, -0.15) is 0 Å². The van der Waals surface area contributed by atoms with Gasteiger partial charge in [0.25, 0.3) is 17.5 Å². The molecule has 1 aliphatic heterocycles. The molecule has 1 aliphatic rings. The van der Waals surface area contributed by atoms with E-state index in [-0.39, 0.29) is 27.9 Å². The number of halogens is 1. The summed E-state index contributed by atoms with van der Waals surface area (Å²) in [6, 6.07) is 17.6. The number of fused-ring (bicyclic) bond motifs is 1. The maximum absolute atomic E-state index is 13.1. The van der Waals surface area contributed by atoms with Crippen molar-refractivity contribution in [2.75, 3.05) is 6.54 Å². The Hall–Kier alpha value is -4.18. The molecule has 2 amide bonds. The smallest absolute Gasteiger partial charge is 0.327 e. The summed E-state index contributed by atoms with van der Waals surface area (Å²) in [5.41, 5.74) is 0.578. The van der Waals surface area contributed by atoms with E-state index < -0.39 is 41.1 Å². The molecule has 9 nitrogen and oxygen atoms in total. The lowest BCUT2D eigenvalue weighted by molar-refractivity contribution is -0.384. The third-order valence-corrected chi connectivity index (χ3v) is 5.67. The third kappa shape index (κ3) is 4.48. The Labute approximate surface area is 201 Å². The molecule has 0 aliphatic carbocycles. The van der Waals surface area contributed by atoms with Gasteiger partial charge < -0.3 is 4.74 Å². The number of non-ortho nitro benzene ring substituents is 1. The zero-order valence-electron chi connectivity index (χ0n) is 17.3. The number of amides is 2. The molecule has 10 heteroatoms. The fourth-order valence-electron chi connectivity index (χ4n) is 3.50. The van der Waals surface area contributed by atoms with Crippen LogP contribution in [-0.2, 0) is 9.53 Å². The second kappa shape index (κ2) is 9.36. The van der Waals surface area contributed by atoms with Crippen molar-refractivity contribution in [2.24, 2.45) is 0 Å². The highest BCUT2D eigenvalue weighted by atomic mass is 79.9. The molecule has 1 atom stereocenters. The van der Waals surface area contributed by atoms with Gasteiger partial charge in [0.2, 0.25) is 5.78 Å². The van der Waals surface area contributed by atoms with E-state index in [1.165, 1.54) is 48.5 Å². The Bertz CT molecular complexity index is 1320. The van der Waals surface area contributed by atoms with Crippen molar-refractivity contribution < 1.29 is 28.8 Å². The number of hydrogen-bond acceptors (Lipinski definition) is 7. The second-order valence-corrected chi connectivity index (χ2v) is 8.25. The molecule has 1 heterocycles. The number of esters is 1. The van der Waals surface area contributed by atoms with Gasteiger partial charge in [-0.25, -0.2) is 0 Å². The quantitative estimate of drug-likeness (QED) is 0.150. The largest absolute Gasteiger partial charge is 0.448 e. The van der Waals surface area contributed by atoms with Crippen molar-refractivity contribution in [3.8, 4) is 0 Å². The van der Waals surface area contributed by atoms with E-state index in [2.05, 4.69) is 15.9 Å². The topological polar surface area (TPSA) is 124 Å². The Morgan fingerprint density at radius 2 is 1.59 bits per heavy atom. The molecule has 0 bridgehead atoms. The van der Waals surface area contributed by atoms with E-state index in [1.807, 2.05) is 0 Å². The van der Waals surface area contributed by atoms with Crippen LogP contribution in [-0.4, -0.2) is 39.9 Å². The number of ketones is 1. The van der Waals surface area contributed by atoms with Crippen LogP contribution in [0, 0.1) is 10.1 Å². The summed E-state index contributed by atoms with van der Waals surface area (Å²) in [6.45, 7) is -0.699. The van der Waals surface area contributed by atoms with Crippen molar-refractivity contribution in [1.29, 1.82) is 0 Å². The lowest BCUT2D eigenvalue weighted by Crippen LogP contribution is -2.36. The number of hydrogen-bond donors (Lipinski definition) is 0. The summed E-state index contributed by atoms with van der Waals surface area (Å²) in [6.07, 6.45) is -1.43. The molecule has 0 saturated carbocycles. The van der Waals surface area contributed by atoms with E-state index in [4.69, 9.17) is 4.74 Å². The zero-order chi connectivity index (χ0) is 24.4. The van der Waals surface area contributed by atoms with Crippen LogP contribution in [0.1, 0.15) is 42.7 Å². The second-order valence-electron chi connectivity index (χ2n) is 7.34. The molecule has 0 saturated heterocycles. The number of ether oxygens (including phenoxy) is 1. The van der Waals surface area contributed by atoms with E-state index in [1.54, 1.807) is 24.3 Å². The molecule has 0 spiro atoms. The Kier molecular flexibility index (Phi) is 6.33. The highest BCUT2D eigenvalue weighted by Crippen LogP contribution is 2.28. The molecule has 0 aromatic heterocycles. The van der Waals surface area contributed by atoms with Crippen LogP contribution in [0.5, 0.6) is 0 Å². The molecular weight excluding hydrogens is 508 g/mol. The summed E-state index contributed by atoms with van der Waals surface area (Å²) in [7, 11) is 0. The molecule has 3 aromatic carbocycles. The fraction of sp³-hybridized carbons (Fsp3) is 0.0833. The van der Waals surface area contributed by atoms with E-state index in [0.717, 1.165) is 4.90 Å². The minimum atomic E-state index is -1.43. The van der Waals surface area contributed by atoms with Gasteiger partial charge in [0.05, 0.1) is 16.1 Å². The van der Waals surface area contributed by atoms with E-state index in [0.29, 0.717) is 4.47 Å². The SMILES string of the molecule is O=C(CN1C(=O)c2ccc(Br)cc2C1=O)O[C@@H](C(=O)c1ccccc1)c1ccc([N+](=O)[O-])cc1. The highest BCUT2D eigenvalue weighted by Gasteiger charge is 2.38. The van der Waals surface area contributed by atoms with Gasteiger partial charge in [-0.15, -0.1) is 0 Å². The van der Waals surface area contributed by atoms with Crippen LogP contribution < -0.4 is 0 Å². The van der Waals surface area contributed by atoms with E-state index in [9.17, 15) is 29.3 Å². The van der Waals surface area contributed by atoms with Gasteiger partial charge in [-0.05, 0) is 30.3 Å². The number of Topliss-reactive ketones (excluding diaryl/α,β-unsaturated/α-hetero) is 1. The van der Waals surface area contributed by atoms with Gasteiger partial charge in [0, 0.05) is 27.7 Å². The lowest BCUT2D eigenvalue weighted by Gasteiger charge is -2.19. The van der Waals surface area contributed by atoms with Crippen LogP contribution in [0.15, 0.2) is 77.3 Å². The first-order valence-electron chi connectivity index (χ1n) is 9.95. The van der Waals surface area contributed by atoms with Gasteiger partial charge in [-0.3, -0.25) is 34.2 Å². The minimum Gasteiger partial charge on any atom is -0.448 e. The first-order chi connectivity index (χ1) is 16.3. The third-order valence-electron chi connectivity index (χ3n) is 5.17. The molecule has 0 N–H and O–H groups in total. The van der Waals surface area contributed by atoms with Crippen molar-refractivity contribution >= 4 is 45.2 Å². The highest BCUT2D eigenvalue weighted by molar-refractivity contribution is 9.10. The Morgan fingerprint density at radius 3 is 2.24 bits per heavy atom. The zero-order valence-corrected chi connectivity index (χ0v) is 18.9. The summed E-state index contributed by atoms with van der Waals surface area (Å²) in [5, 5.41) is 11.0. The van der Waals surface area contributed by atoms with Crippen molar-refractivity contribution in [3.05, 3.63) is 110 Å². The lowest BCUT2D eigenvalue weighted by atomic mass is 9.99. The number of benzene rings is 3. The van der Waals surface area contributed by atoms with Crippen LogP contribution in [0.4, 0.5) is 5.69 Å². The van der Waals surface area contributed by atoms with Gasteiger partial charge >= 0.3 is 5.97 Å². The summed E-state index contributed by atoms with van der Waals surface area (Å²) in [4.78, 5) is 62.3. The van der Waals surface area contributed by atoms with Crippen molar-refractivity contribution in [1.82, 2.24) is 4.90 Å². The fourth-order valence-corrected chi connectivity index (χ4v) is 3.86. The molecular formula is C24H15BrN2O7. The van der Waals surface area contributed by atoms with Gasteiger partial charge in [0.1, 0.15) is 6.54 Å². The summed E-state index contributed by atoms with van der Waals surface area (Å²) in [5.74, 6) is -2.85. The van der Waals surface area contributed by atoms with Crippen LogP contribution in [0.2, 0.25) is 0 Å². The predicted molar refractivity (Wildman–Crippen MR) is 122 cm³/mol. The molecule has 0 unspecified atom stereocenters. The van der Waals surface area contributed by atoms with Crippen LogP contribution in [0.3, 0.4) is 0 Å². The van der Waals surface area contributed by atoms with Crippen molar-refractivity contribution in [3.63, 3.8) is 0 Å². The standard InChI is InChI=1S/C24H15BrN2O7/c25-16-8-11-18-19(12-16)24(31)26(23(18)30)13-20(28)34-22(21(29)14-4-2-1-3-5-14)15-6-9-17(10-7-15)27(32)33/h1-12,22H,13H2/t22-/m1/s1. The first-order valence-corrected chi connectivity index (χ1v) is 10.7. The van der Waals surface area contributed by atoms with Gasteiger partial charge in [-0.1, -0.05) is 46.3 Å². The number of nitro groups is 1. The summed E-state index contributed by atoms with van der Waals surface area (Å²) >= 11 is 3.24. The molecule has 3 aromatic rings. The number of rotatable bonds is 7. The average Bonchev–Trinajstić information content (AvgIpc) is 3.06. The number of carbonyl (C=O) groups excluding carboxylic acids is 4. The maximum Gasteiger partial charge on any atom is 0.327 e. The average molecular weight is 523 g/mol. The minimum absolute atomic E-state index is 0.152. The predicted octanol–water partition coefficient (Wildman–Crippen LogP) is 4.12. The molecule has 4 rings (SSSR count). The van der Waals surface area contributed by atoms with Crippen LogP contribution >= 0.6 is 15.9 Å². The first kappa shape index (κ1) is 23.0. The van der Waals surface area contributed by atoms with Crippen molar-refractivity contribution in [2.45, 2.75) is 6.10 Å². The summed E-state index contributed by atoms with van der Waals surface area (Å²) < 4.78 is 6.02.